The van der Waals surface area contributed by atoms with Crippen LogP contribution in [0.2, 0.25) is 0 Å². The number of hydrogen-bond acceptors (Lipinski definition) is 2. The molecule has 0 aromatic heterocycles. The van der Waals surface area contributed by atoms with Gasteiger partial charge in [0.1, 0.15) is 0 Å². The molecule has 2 nitrogen and oxygen atoms in total. The summed E-state index contributed by atoms with van der Waals surface area (Å²) in [5.41, 5.74) is 1.17. The molecule has 0 fully saturated rings. The van der Waals surface area contributed by atoms with Gasteiger partial charge in [0.2, 0.25) is 0 Å². The SMILES string of the molecule is C1=CC2=c3ccccc3=NC=CN2C=C1. The lowest BCUT2D eigenvalue weighted by molar-refractivity contribution is 0.718. The first-order chi connectivity index (χ1) is 7.45. The maximum absolute atomic E-state index is 4.40. The molecule has 1 aromatic carbocycles. The lowest BCUT2D eigenvalue weighted by Crippen LogP contribution is -2.29. The number of nitrogens with zero attached hydrogens (tertiary/aromatic N) is 2. The Balaban J connectivity index is 2.43. The minimum absolute atomic E-state index is 1.02. The van der Waals surface area contributed by atoms with Gasteiger partial charge >= 0.3 is 0 Å². The summed E-state index contributed by atoms with van der Waals surface area (Å²) in [6, 6.07) is 8.17. The summed E-state index contributed by atoms with van der Waals surface area (Å²) in [6.45, 7) is 0. The fourth-order valence-corrected chi connectivity index (χ4v) is 1.80. The number of allylic oxidation sites excluding steroid dienone is 2. The second kappa shape index (κ2) is 3.24. The van der Waals surface area contributed by atoms with Crippen LogP contribution in [0.4, 0.5) is 0 Å². The van der Waals surface area contributed by atoms with Crippen molar-refractivity contribution in [2.45, 2.75) is 0 Å². The quantitative estimate of drug-likeness (QED) is 0.607. The number of para-hydroxylation sites is 1. The van der Waals surface area contributed by atoms with Gasteiger partial charge in [0.25, 0.3) is 0 Å². The molecule has 0 atom stereocenters. The Morgan fingerprint density at radius 2 is 1.93 bits per heavy atom. The third-order valence-electron chi connectivity index (χ3n) is 2.51. The van der Waals surface area contributed by atoms with E-state index in [1.807, 2.05) is 49.0 Å². The highest BCUT2D eigenvalue weighted by atomic mass is 15.1. The molecule has 0 saturated carbocycles. The number of hydrogen-bond donors (Lipinski definition) is 0. The summed E-state index contributed by atoms with van der Waals surface area (Å²) in [4.78, 5) is 6.48. The molecule has 0 saturated heterocycles. The largest absolute Gasteiger partial charge is 0.322 e. The zero-order valence-corrected chi connectivity index (χ0v) is 8.17. The molecule has 2 heteroatoms. The molecule has 0 N–H and O–H groups in total. The van der Waals surface area contributed by atoms with E-state index in [1.54, 1.807) is 0 Å². The molecule has 3 rings (SSSR count). The Morgan fingerprint density at radius 1 is 1.00 bits per heavy atom. The molecule has 0 bridgehead atoms. The van der Waals surface area contributed by atoms with Gasteiger partial charge in [-0.05, 0) is 18.2 Å². The highest BCUT2D eigenvalue weighted by Gasteiger charge is 2.06. The van der Waals surface area contributed by atoms with Crippen LogP contribution in [0.15, 0.2) is 66.1 Å². The van der Waals surface area contributed by atoms with E-state index in [2.05, 4.69) is 22.0 Å². The van der Waals surface area contributed by atoms with Crippen molar-refractivity contribution in [2.75, 3.05) is 0 Å². The van der Waals surface area contributed by atoms with Crippen molar-refractivity contribution in [2.24, 2.45) is 4.99 Å². The predicted octanol–water partition coefficient (Wildman–Crippen LogP) is 1.28. The lowest BCUT2D eigenvalue weighted by atomic mass is 10.2. The fourth-order valence-electron chi connectivity index (χ4n) is 1.80. The molecule has 0 spiro atoms. The molecule has 2 heterocycles. The zero-order chi connectivity index (χ0) is 10.1. The van der Waals surface area contributed by atoms with Crippen LogP contribution < -0.4 is 10.6 Å². The van der Waals surface area contributed by atoms with Gasteiger partial charge in [-0.2, -0.15) is 0 Å². The third-order valence-corrected chi connectivity index (χ3v) is 2.51. The van der Waals surface area contributed by atoms with Crippen LogP contribution in [-0.4, -0.2) is 4.90 Å². The Kier molecular flexibility index (Phi) is 1.78. The minimum atomic E-state index is 1.02. The van der Waals surface area contributed by atoms with Gasteiger partial charge in [0, 0.05) is 23.8 Å². The summed E-state index contributed by atoms with van der Waals surface area (Å²) in [5.74, 6) is 0. The van der Waals surface area contributed by atoms with Crippen LogP contribution in [0, 0.1) is 0 Å². The monoisotopic (exact) mass is 194 g/mol. The van der Waals surface area contributed by atoms with E-state index in [9.17, 15) is 0 Å². The van der Waals surface area contributed by atoms with E-state index < -0.39 is 0 Å². The van der Waals surface area contributed by atoms with E-state index in [0.717, 1.165) is 5.36 Å². The lowest BCUT2D eigenvalue weighted by Gasteiger charge is -2.17. The van der Waals surface area contributed by atoms with Gasteiger partial charge in [0.05, 0.1) is 11.1 Å². The van der Waals surface area contributed by atoms with E-state index in [0.29, 0.717) is 0 Å². The molecule has 2 aliphatic rings. The van der Waals surface area contributed by atoms with Crippen LogP contribution in [0.3, 0.4) is 0 Å². The minimum Gasteiger partial charge on any atom is -0.322 e. The van der Waals surface area contributed by atoms with E-state index in [4.69, 9.17) is 0 Å². The summed E-state index contributed by atoms with van der Waals surface area (Å²) in [6.07, 6.45) is 12.0. The van der Waals surface area contributed by atoms with E-state index >= 15 is 0 Å². The van der Waals surface area contributed by atoms with Crippen LogP contribution in [0.5, 0.6) is 0 Å². The van der Waals surface area contributed by atoms with Gasteiger partial charge in [-0.25, -0.2) is 0 Å². The first-order valence-electron chi connectivity index (χ1n) is 4.92. The van der Waals surface area contributed by atoms with Crippen LogP contribution in [0.1, 0.15) is 0 Å². The fraction of sp³-hybridized carbons (Fsp3) is 0. The van der Waals surface area contributed by atoms with Gasteiger partial charge in [0.15, 0.2) is 0 Å². The van der Waals surface area contributed by atoms with Gasteiger partial charge in [-0.3, -0.25) is 4.99 Å². The van der Waals surface area contributed by atoms with Crippen molar-refractivity contribution >= 4 is 5.70 Å². The average Bonchev–Trinajstić information content (AvgIpc) is 2.48. The summed E-state index contributed by atoms with van der Waals surface area (Å²) < 4.78 is 0. The summed E-state index contributed by atoms with van der Waals surface area (Å²) >= 11 is 0. The van der Waals surface area contributed by atoms with Crippen molar-refractivity contribution in [3.8, 4) is 0 Å². The van der Waals surface area contributed by atoms with Crippen LogP contribution in [-0.2, 0) is 0 Å². The number of fused-ring (bicyclic) bond motifs is 2. The summed E-state index contributed by atoms with van der Waals surface area (Å²) in [5, 5.41) is 2.19. The smallest absolute Gasteiger partial charge is 0.0723 e. The Morgan fingerprint density at radius 3 is 2.93 bits per heavy atom. The topological polar surface area (TPSA) is 15.6 Å². The molecule has 0 radical (unpaired) electrons. The Hall–Kier alpha value is -2.09. The predicted molar refractivity (Wildman–Crippen MR) is 59.9 cm³/mol. The highest BCUT2D eigenvalue weighted by Crippen LogP contribution is 2.12. The van der Waals surface area contributed by atoms with Crippen LogP contribution >= 0.6 is 0 Å². The van der Waals surface area contributed by atoms with Crippen molar-refractivity contribution in [1.29, 1.82) is 0 Å². The first kappa shape index (κ1) is 8.24. The molecular weight excluding hydrogens is 184 g/mol. The molecule has 2 aliphatic heterocycles. The molecule has 0 unspecified atom stereocenters. The zero-order valence-electron chi connectivity index (χ0n) is 8.17. The maximum Gasteiger partial charge on any atom is 0.0723 e. The Labute approximate surface area is 87.9 Å². The number of benzene rings is 1. The standard InChI is InChI=1S/C13H10N2/c1-2-6-12-11(5-1)13-7-3-4-9-15(13)10-8-14-12/h1-10H. The van der Waals surface area contributed by atoms with E-state index in [1.165, 1.54) is 10.9 Å². The molecular formula is C13H10N2. The average molecular weight is 194 g/mol. The van der Waals surface area contributed by atoms with Gasteiger partial charge in [-0.1, -0.05) is 24.3 Å². The second-order valence-electron chi connectivity index (χ2n) is 3.44. The van der Waals surface area contributed by atoms with Gasteiger partial charge < -0.3 is 4.90 Å². The van der Waals surface area contributed by atoms with Crippen molar-refractivity contribution in [3.05, 3.63) is 71.7 Å². The van der Waals surface area contributed by atoms with Crippen molar-refractivity contribution < 1.29 is 0 Å². The maximum atomic E-state index is 4.40. The third kappa shape index (κ3) is 1.31. The first-order valence-corrected chi connectivity index (χ1v) is 4.92. The molecule has 0 aliphatic carbocycles. The molecule has 0 amide bonds. The normalized spacial score (nSPS) is 16.8. The summed E-state index contributed by atoms with van der Waals surface area (Å²) in [7, 11) is 0. The van der Waals surface area contributed by atoms with Gasteiger partial charge in [-0.15, -0.1) is 0 Å². The second-order valence-corrected chi connectivity index (χ2v) is 3.44. The molecule has 1 aromatic rings. The molecule has 15 heavy (non-hydrogen) atoms. The highest BCUT2D eigenvalue weighted by molar-refractivity contribution is 5.60. The molecule has 72 valence electrons. The Bertz CT molecular complexity index is 591. The van der Waals surface area contributed by atoms with Crippen molar-refractivity contribution in [1.82, 2.24) is 4.90 Å². The van der Waals surface area contributed by atoms with E-state index in [-0.39, 0.29) is 0 Å². The van der Waals surface area contributed by atoms with Crippen LogP contribution in [0.25, 0.3) is 5.70 Å². The number of rotatable bonds is 0. The van der Waals surface area contributed by atoms with Crippen molar-refractivity contribution in [3.63, 3.8) is 0 Å².